The molecular formula is C22H25FN4O. The molecule has 0 unspecified atom stereocenters. The van der Waals surface area contributed by atoms with Crippen molar-refractivity contribution in [2.45, 2.75) is 13.3 Å². The van der Waals surface area contributed by atoms with Crippen LogP contribution >= 0.6 is 0 Å². The van der Waals surface area contributed by atoms with Gasteiger partial charge in [-0.25, -0.2) is 4.39 Å². The largest absolute Gasteiger partial charge is 0.366 e. The highest BCUT2D eigenvalue weighted by atomic mass is 19.1. The zero-order valence-electron chi connectivity index (χ0n) is 16.1. The van der Waals surface area contributed by atoms with E-state index < -0.39 is 0 Å². The van der Waals surface area contributed by atoms with Gasteiger partial charge in [0.05, 0.1) is 12.2 Å². The number of carbonyl (C=O) groups excluding carboxylic acids is 1. The number of amides is 1. The first-order chi connectivity index (χ1) is 13.7. The fourth-order valence-corrected chi connectivity index (χ4v) is 3.79. The monoisotopic (exact) mass is 380 g/mol. The summed E-state index contributed by atoms with van der Waals surface area (Å²) >= 11 is 0. The molecule has 0 atom stereocenters. The summed E-state index contributed by atoms with van der Waals surface area (Å²) in [4.78, 5) is 23.6. The Labute approximate surface area is 165 Å². The van der Waals surface area contributed by atoms with Gasteiger partial charge in [-0.2, -0.15) is 0 Å². The predicted molar refractivity (Wildman–Crippen MR) is 109 cm³/mol. The molecule has 4 rings (SSSR count). The summed E-state index contributed by atoms with van der Waals surface area (Å²) in [5.74, 6) is 0.551. The predicted octanol–water partition coefficient (Wildman–Crippen LogP) is 3.02. The minimum Gasteiger partial charge on any atom is -0.366 e. The van der Waals surface area contributed by atoms with Crippen molar-refractivity contribution in [3.05, 3.63) is 65.5 Å². The molecule has 2 heterocycles. The molecule has 0 N–H and O–H groups in total. The third-order valence-corrected chi connectivity index (χ3v) is 5.43. The van der Waals surface area contributed by atoms with Gasteiger partial charge in [-0.05, 0) is 36.2 Å². The molecule has 28 heavy (non-hydrogen) atoms. The second-order valence-electron chi connectivity index (χ2n) is 7.11. The smallest absolute Gasteiger partial charge is 0.260 e. The fraction of sp³-hybridized carbons (Fsp3) is 0.364. The molecule has 0 spiro atoms. The quantitative estimate of drug-likeness (QED) is 0.822. The van der Waals surface area contributed by atoms with Gasteiger partial charge in [-0.15, -0.1) is 0 Å². The Morgan fingerprint density at radius 2 is 1.64 bits per heavy atom. The highest BCUT2D eigenvalue weighted by molar-refractivity contribution is 6.06. The lowest BCUT2D eigenvalue weighted by molar-refractivity contribution is 0.0843. The Hall–Kier alpha value is -2.89. The Bertz CT molecular complexity index is 872. The number of aliphatic imine (C=N–C) groups is 1. The molecule has 0 aromatic heterocycles. The normalized spacial score (nSPS) is 17.1. The van der Waals surface area contributed by atoms with Gasteiger partial charge in [0.1, 0.15) is 5.82 Å². The molecule has 1 amide bonds. The number of aryl methyl sites for hydroxylation is 1. The first-order valence-electron chi connectivity index (χ1n) is 9.87. The lowest BCUT2D eigenvalue weighted by Crippen LogP contribution is -2.53. The van der Waals surface area contributed by atoms with Crippen molar-refractivity contribution < 1.29 is 9.18 Å². The first-order valence-corrected chi connectivity index (χ1v) is 9.87. The summed E-state index contributed by atoms with van der Waals surface area (Å²) < 4.78 is 14.0. The Morgan fingerprint density at radius 3 is 2.32 bits per heavy atom. The van der Waals surface area contributed by atoms with Crippen LogP contribution in [0.25, 0.3) is 0 Å². The van der Waals surface area contributed by atoms with Crippen molar-refractivity contribution in [1.29, 1.82) is 0 Å². The third-order valence-electron chi connectivity index (χ3n) is 5.43. The number of piperazine rings is 1. The van der Waals surface area contributed by atoms with E-state index in [1.165, 1.54) is 11.6 Å². The van der Waals surface area contributed by atoms with E-state index in [1.807, 2.05) is 36.4 Å². The van der Waals surface area contributed by atoms with Crippen LogP contribution in [0.4, 0.5) is 10.1 Å². The number of benzene rings is 2. The van der Waals surface area contributed by atoms with E-state index in [2.05, 4.69) is 21.7 Å². The van der Waals surface area contributed by atoms with Crippen LogP contribution in [0.5, 0.6) is 0 Å². The zero-order chi connectivity index (χ0) is 19.5. The maximum Gasteiger partial charge on any atom is 0.260 e. The SMILES string of the molecule is CCc1ccc(C(=O)N2CCN=C2N2CCN(c3ccccc3F)CC2)cc1. The molecule has 2 aromatic carbocycles. The lowest BCUT2D eigenvalue weighted by Gasteiger charge is -2.38. The summed E-state index contributed by atoms with van der Waals surface area (Å²) in [5.41, 5.74) is 2.55. The van der Waals surface area contributed by atoms with Gasteiger partial charge >= 0.3 is 0 Å². The van der Waals surface area contributed by atoms with Crippen LogP contribution in [0.3, 0.4) is 0 Å². The minimum absolute atomic E-state index is 0.00423. The molecule has 0 saturated carbocycles. The van der Waals surface area contributed by atoms with Gasteiger partial charge in [0.2, 0.25) is 5.96 Å². The van der Waals surface area contributed by atoms with Crippen molar-refractivity contribution in [1.82, 2.24) is 9.80 Å². The average Bonchev–Trinajstić information content (AvgIpc) is 3.24. The fourth-order valence-electron chi connectivity index (χ4n) is 3.79. The van der Waals surface area contributed by atoms with Gasteiger partial charge in [0.25, 0.3) is 5.91 Å². The number of hydrogen-bond acceptors (Lipinski definition) is 4. The Balaban J connectivity index is 1.43. The Kier molecular flexibility index (Phi) is 5.28. The highest BCUT2D eigenvalue weighted by Crippen LogP contribution is 2.21. The average molecular weight is 380 g/mol. The van der Waals surface area contributed by atoms with Crippen LogP contribution in [-0.4, -0.2) is 60.9 Å². The molecule has 2 aromatic rings. The summed E-state index contributed by atoms with van der Waals surface area (Å²) in [7, 11) is 0. The highest BCUT2D eigenvalue weighted by Gasteiger charge is 2.31. The molecule has 0 aliphatic carbocycles. The maximum atomic E-state index is 14.0. The number of para-hydroxylation sites is 1. The molecule has 2 aliphatic rings. The standard InChI is InChI=1S/C22H25FN4O/c1-2-17-7-9-18(10-8-17)21(28)27-12-11-24-22(27)26-15-13-25(14-16-26)20-6-4-3-5-19(20)23/h3-10H,2,11-16H2,1H3. The second kappa shape index (κ2) is 8.00. The third kappa shape index (κ3) is 3.59. The zero-order valence-corrected chi connectivity index (χ0v) is 16.1. The van der Waals surface area contributed by atoms with E-state index in [0.29, 0.717) is 50.5 Å². The summed E-state index contributed by atoms with van der Waals surface area (Å²) in [6.45, 7) is 6.17. The van der Waals surface area contributed by atoms with Crippen LogP contribution in [0.2, 0.25) is 0 Å². The van der Waals surface area contributed by atoms with Crippen molar-refractivity contribution in [2.75, 3.05) is 44.2 Å². The van der Waals surface area contributed by atoms with Gasteiger partial charge in [-0.1, -0.05) is 31.2 Å². The van der Waals surface area contributed by atoms with Crippen LogP contribution < -0.4 is 4.90 Å². The minimum atomic E-state index is -0.193. The van der Waals surface area contributed by atoms with E-state index >= 15 is 0 Å². The molecule has 5 nitrogen and oxygen atoms in total. The number of guanidine groups is 1. The summed E-state index contributed by atoms with van der Waals surface area (Å²) in [6, 6.07) is 14.7. The second-order valence-corrected chi connectivity index (χ2v) is 7.11. The molecular weight excluding hydrogens is 355 g/mol. The van der Waals surface area contributed by atoms with Crippen molar-refractivity contribution in [3.8, 4) is 0 Å². The van der Waals surface area contributed by atoms with Crippen molar-refractivity contribution in [2.24, 2.45) is 4.99 Å². The van der Waals surface area contributed by atoms with Gasteiger partial charge in [0.15, 0.2) is 0 Å². The van der Waals surface area contributed by atoms with Crippen molar-refractivity contribution >= 4 is 17.6 Å². The van der Waals surface area contributed by atoms with Gasteiger partial charge in [0, 0.05) is 38.3 Å². The number of hydrogen-bond donors (Lipinski definition) is 0. The van der Waals surface area contributed by atoms with E-state index in [-0.39, 0.29) is 11.7 Å². The number of halogens is 1. The molecule has 6 heteroatoms. The molecule has 146 valence electrons. The summed E-state index contributed by atoms with van der Waals surface area (Å²) in [5, 5.41) is 0. The topological polar surface area (TPSA) is 39.2 Å². The van der Waals surface area contributed by atoms with Crippen LogP contribution in [0.15, 0.2) is 53.5 Å². The van der Waals surface area contributed by atoms with E-state index in [9.17, 15) is 9.18 Å². The maximum absolute atomic E-state index is 14.0. The molecule has 0 radical (unpaired) electrons. The van der Waals surface area contributed by atoms with Crippen LogP contribution in [-0.2, 0) is 6.42 Å². The first kappa shape index (κ1) is 18.5. The molecule has 2 aliphatic heterocycles. The van der Waals surface area contributed by atoms with Gasteiger partial charge < -0.3 is 9.80 Å². The lowest BCUT2D eigenvalue weighted by atomic mass is 10.1. The summed E-state index contributed by atoms with van der Waals surface area (Å²) in [6.07, 6.45) is 0.956. The van der Waals surface area contributed by atoms with E-state index in [4.69, 9.17) is 0 Å². The number of rotatable bonds is 3. The molecule has 0 bridgehead atoms. The molecule has 1 fully saturated rings. The number of carbonyl (C=O) groups is 1. The number of anilines is 1. The van der Waals surface area contributed by atoms with Gasteiger partial charge in [-0.3, -0.25) is 14.7 Å². The van der Waals surface area contributed by atoms with E-state index in [1.54, 1.807) is 11.0 Å². The number of nitrogens with zero attached hydrogens (tertiary/aromatic N) is 4. The van der Waals surface area contributed by atoms with Crippen molar-refractivity contribution in [3.63, 3.8) is 0 Å². The van der Waals surface area contributed by atoms with Crippen LogP contribution in [0, 0.1) is 5.82 Å². The molecule has 1 saturated heterocycles. The van der Waals surface area contributed by atoms with Crippen LogP contribution in [0.1, 0.15) is 22.8 Å². The Morgan fingerprint density at radius 1 is 0.964 bits per heavy atom. The van der Waals surface area contributed by atoms with E-state index in [0.717, 1.165) is 12.4 Å².